The van der Waals surface area contributed by atoms with Gasteiger partial charge in [-0.25, -0.2) is 13.1 Å². The van der Waals surface area contributed by atoms with Crippen LogP contribution >= 0.6 is 28.1 Å². The number of anilines is 1. The quantitative estimate of drug-likeness (QED) is 0.349. The van der Waals surface area contributed by atoms with E-state index in [1.165, 1.54) is 18.2 Å². The van der Waals surface area contributed by atoms with Crippen molar-refractivity contribution in [3.05, 3.63) is 65.2 Å². The first-order valence-corrected chi connectivity index (χ1v) is 11.7. The second-order valence-electron chi connectivity index (χ2n) is 6.07. The van der Waals surface area contributed by atoms with E-state index in [2.05, 4.69) is 37.9 Å². The fourth-order valence-corrected chi connectivity index (χ4v) is 3.98. The minimum atomic E-state index is -3.60. The van der Waals surface area contributed by atoms with Crippen molar-refractivity contribution in [3.8, 4) is 5.75 Å². The summed E-state index contributed by atoms with van der Waals surface area (Å²) in [6, 6.07) is 11.0. The van der Waals surface area contributed by atoms with Gasteiger partial charge in [-0.2, -0.15) is 0 Å². The number of sulfonamides is 1. The zero-order valence-corrected chi connectivity index (χ0v) is 19.5. The summed E-state index contributed by atoms with van der Waals surface area (Å²) in [6.45, 7) is 6.21. The van der Waals surface area contributed by atoms with Gasteiger partial charge in [-0.05, 0) is 77.0 Å². The molecule has 0 radical (unpaired) electrons. The number of carbonyl (C=O) groups is 1. The molecule has 2 aromatic rings. The van der Waals surface area contributed by atoms with Gasteiger partial charge in [0.05, 0.1) is 16.0 Å². The van der Waals surface area contributed by atoms with Crippen LogP contribution in [0, 0.1) is 0 Å². The Morgan fingerprint density at radius 2 is 1.93 bits per heavy atom. The summed E-state index contributed by atoms with van der Waals surface area (Å²) in [5, 5.41) is 5.52. The zero-order chi connectivity index (χ0) is 22.1. The number of rotatable bonds is 9. The lowest BCUT2D eigenvalue weighted by molar-refractivity contribution is 0.0977. The molecule has 0 heterocycles. The first kappa shape index (κ1) is 24.0. The Kier molecular flexibility index (Phi) is 8.97. The summed E-state index contributed by atoms with van der Waals surface area (Å²) in [5.41, 5.74) is 0.942. The third-order valence-corrected chi connectivity index (χ3v) is 5.99. The Balaban J connectivity index is 1.97. The van der Waals surface area contributed by atoms with Gasteiger partial charge < -0.3 is 10.1 Å². The third-order valence-electron chi connectivity index (χ3n) is 3.72. The molecule has 3 N–H and O–H groups in total. The standard InChI is InChI=1S/C20H22BrN3O4S2/c1-3-11-22-30(26,27)16-8-6-15(7-9-16)23-20(29)24-19(25)14-5-10-18(17(21)13-14)28-12-4-2/h3,5-10,13,22H,1,4,11-12H2,2H3,(H2,23,24,25,29). The largest absolute Gasteiger partial charge is 0.492 e. The number of thiocarbonyl (C=S) groups is 1. The molecule has 0 aliphatic carbocycles. The number of hydrogen-bond donors (Lipinski definition) is 3. The number of nitrogens with one attached hydrogen (secondary N) is 3. The van der Waals surface area contributed by atoms with Crippen molar-refractivity contribution < 1.29 is 17.9 Å². The van der Waals surface area contributed by atoms with Crippen LogP contribution in [0.3, 0.4) is 0 Å². The summed E-state index contributed by atoms with van der Waals surface area (Å²) >= 11 is 8.56. The molecule has 0 aliphatic rings. The number of halogens is 1. The summed E-state index contributed by atoms with van der Waals surface area (Å²) in [7, 11) is -3.60. The van der Waals surface area contributed by atoms with E-state index in [0.717, 1.165) is 6.42 Å². The molecule has 0 unspecified atom stereocenters. The maximum absolute atomic E-state index is 12.4. The van der Waals surface area contributed by atoms with Gasteiger partial charge >= 0.3 is 0 Å². The summed E-state index contributed by atoms with van der Waals surface area (Å²) in [6.07, 6.45) is 2.34. The van der Waals surface area contributed by atoms with Crippen molar-refractivity contribution in [1.29, 1.82) is 0 Å². The van der Waals surface area contributed by atoms with E-state index >= 15 is 0 Å². The second-order valence-corrected chi connectivity index (χ2v) is 9.10. The van der Waals surface area contributed by atoms with Gasteiger partial charge in [0.15, 0.2) is 5.11 Å². The van der Waals surface area contributed by atoms with Gasteiger partial charge in [0.25, 0.3) is 5.91 Å². The minimum absolute atomic E-state index is 0.0859. The number of ether oxygens (including phenoxy) is 1. The Morgan fingerprint density at radius 1 is 1.23 bits per heavy atom. The zero-order valence-electron chi connectivity index (χ0n) is 16.3. The predicted molar refractivity (Wildman–Crippen MR) is 125 cm³/mol. The van der Waals surface area contributed by atoms with Crippen molar-refractivity contribution in [2.24, 2.45) is 0 Å². The molecule has 0 spiro atoms. The van der Waals surface area contributed by atoms with Crippen LogP contribution in [0.1, 0.15) is 23.7 Å². The maximum Gasteiger partial charge on any atom is 0.257 e. The first-order chi connectivity index (χ1) is 14.3. The summed E-state index contributed by atoms with van der Waals surface area (Å²) in [5.74, 6) is 0.273. The monoisotopic (exact) mass is 511 g/mol. The lowest BCUT2D eigenvalue weighted by atomic mass is 10.2. The topological polar surface area (TPSA) is 96.5 Å². The first-order valence-electron chi connectivity index (χ1n) is 9.02. The number of amides is 1. The maximum atomic E-state index is 12.4. The molecule has 0 fully saturated rings. The van der Waals surface area contributed by atoms with Gasteiger partial charge in [0.1, 0.15) is 5.75 Å². The molecule has 30 heavy (non-hydrogen) atoms. The highest BCUT2D eigenvalue weighted by atomic mass is 79.9. The molecule has 160 valence electrons. The Morgan fingerprint density at radius 3 is 2.53 bits per heavy atom. The molecule has 1 amide bonds. The van der Waals surface area contributed by atoms with Crippen LogP contribution < -0.4 is 20.1 Å². The predicted octanol–water partition coefficient (Wildman–Crippen LogP) is 3.83. The highest BCUT2D eigenvalue weighted by Gasteiger charge is 2.14. The second kappa shape index (κ2) is 11.2. The molecule has 0 bridgehead atoms. The van der Waals surface area contributed by atoms with E-state index < -0.39 is 10.0 Å². The average molecular weight is 512 g/mol. The molecule has 0 aromatic heterocycles. The molecule has 7 nitrogen and oxygen atoms in total. The van der Waals surface area contributed by atoms with Crippen LogP contribution in [-0.4, -0.2) is 32.6 Å². The van der Waals surface area contributed by atoms with Gasteiger partial charge in [0, 0.05) is 17.8 Å². The van der Waals surface area contributed by atoms with Gasteiger partial charge in [-0.15, -0.1) is 6.58 Å². The van der Waals surface area contributed by atoms with Crippen LogP contribution in [-0.2, 0) is 10.0 Å². The molecular weight excluding hydrogens is 490 g/mol. The molecule has 0 atom stereocenters. The number of hydrogen-bond acceptors (Lipinski definition) is 5. The molecule has 2 aromatic carbocycles. The van der Waals surface area contributed by atoms with Crippen molar-refractivity contribution in [2.45, 2.75) is 18.2 Å². The van der Waals surface area contributed by atoms with Crippen molar-refractivity contribution in [2.75, 3.05) is 18.5 Å². The smallest absolute Gasteiger partial charge is 0.257 e. The molecule has 2 rings (SSSR count). The van der Waals surface area contributed by atoms with E-state index in [-0.39, 0.29) is 22.5 Å². The SMILES string of the molecule is C=CCNS(=O)(=O)c1ccc(NC(=S)NC(=O)c2ccc(OCCC)c(Br)c2)cc1. The summed E-state index contributed by atoms with van der Waals surface area (Å²) < 4.78 is 32.7. The van der Waals surface area contributed by atoms with Crippen molar-refractivity contribution in [3.63, 3.8) is 0 Å². The number of benzene rings is 2. The lowest BCUT2D eigenvalue weighted by Gasteiger charge is -2.12. The Hall–Kier alpha value is -2.27. The van der Waals surface area contributed by atoms with Crippen LogP contribution in [0.25, 0.3) is 0 Å². The molecule has 0 aliphatic heterocycles. The minimum Gasteiger partial charge on any atom is -0.492 e. The highest BCUT2D eigenvalue weighted by molar-refractivity contribution is 9.10. The van der Waals surface area contributed by atoms with E-state index in [1.807, 2.05) is 6.92 Å². The van der Waals surface area contributed by atoms with Crippen LogP contribution in [0.4, 0.5) is 5.69 Å². The highest BCUT2D eigenvalue weighted by Crippen LogP contribution is 2.26. The van der Waals surface area contributed by atoms with E-state index in [0.29, 0.717) is 28.1 Å². The van der Waals surface area contributed by atoms with Crippen LogP contribution in [0.2, 0.25) is 0 Å². The van der Waals surface area contributed by atoms with Crippen LogP contribution in [0.5, 0.6) is 5.75 Å². The molecule has 10 heteroatoms. The fraction of sp³-hybridized carbons (Fsp3) is 0.200. The third kappa shape index (κ3) is 6.91. The normalized spacial score (nSPS) is 10.9. The van der Waals surface area contributed by atoms with Crippen LogP contribution in [0.15, 0.2) is 64.5 Å². The van der Waals surface area contributed by atoms with E-state index in [1.54, 1.807) is 30.3 Å². The number of carbonyl (C=O) groups excluding carboxylic acids is 1. The fourth-order valence-electron chi connectivity index (χ4n) is 2.28. The molecule has 0 saturated carbocycles. The Labute approximate surface area is 190 Å². The molecule has 0 saturated heterocycles. The summed E-state index contributed by atoms with van der Waals surface area (Å²) in [4.78, 5) is 12.5. The molecular formula is C20H22BrN3O4S2. The van der Waals surface area contributed by atoms with Gasteiger partial charge in [-0.1, -0.05) is 13.0 Å². The van der Waals surface area contributed by atoms with Crippen molar-refractivity contribution >= 4 is 54.9 Å². The lowest BCUT2D eigenvalue weighted by Crippen LogP contribution is -2.34. The van der Waals surface area contributed by atoms with Gasteiger partial charge in [0.2, 0.25) is 10.0 Å². The van der Waals surface area contributed by atoms with E-state index in [9.17, 15) is 13.2 Å². The Bertz CT molecular complexity index is 1020. The van der Waals surface area contributed by atoms with Gasteiger partial charge in [-0.3, -0.25) is 10.1 Å². The average Bonchev–Trinajstić information content (AvgIpc) is 2.71. The van der Waals surface area contributed by atoms with Crippen molar-refractivity contribution in [1.82, 2.24) is 10.0 Å². The van der Waals surface area contributed by atoms with E-state index in [4.69, 9.17) is 17.0 Å².